The number of esters is 1. The van der Waals surface area contributed by atoms with Crippen LogP contribution in [-0.2, 0) is 14.3 Å². The van der Waals surface area contributed by atoms with E-state index in [1.165, 1.54) is 18.2 Å². The zero-order valence-electron chi connectivity index (χ0n) is 23.3. The molecule has 0 heterocycles. The predicted octanol–water partition coefficient (Wildman–Crippen LogP) is 4.99. The number of nitrogens with zero attached hydrogens (tertiary/aromatic N) is 2. The van der Waals surface area contributed by atoms with Gasteiger partial charge in [-0.1, -0.05) is 0 Å². The fourth-order valence-electron chi connectivity index (χ4n) is 4.90. The van der Waals surface area contributed by atoms with Gasteiger partial charge in [-0.15, -0.1) is 0 Å². The Balaban J connectivity index is 1.43. The molecule has 0 fully saturated rings. The minimum atomic E-state index is -0.638. The number of ether oxygens (including phenoxy) is 2. The van der Waals surface area contributed by atoms with Crippen molar-refractivity contribution in [1.29, 1.82) is 0 Å². The monoisotopic (exact) mass is 683 g/mol. The van der Waals surface area contributed by atoms with Crippen LogP contribution in [0.3, 0.4) is 0 Å². The fourth-order valence-corrected chi connectivity index (χ4v) is 5.94. The van der Waals surface area contributed by atoms with Gasteiger partial charge in [0.1, 0.15) is 0 Å². The zero-order valence-corrected chi connectivity index (χ0v) is 26.7. The SMILES string of the molecule is COC(=O)[C@H](CC(C)C)N=C([Se])[C@@H](N=C([Se])CNC(=O)OCC1c2ccccc2-c2ccccc21)c1ccccc1. The molecule has 0 spiro atoms. The molecule has 1 N–H and O–H groups in total. The van der Waals surface area contributed by atoms with Crippen LogP contribution in [0.5, 0.6) is 0 Å². The summed E-state index contributed by atoms with van der Waals surface area (Å²) in [6.45, 7) is 4.45. The number of amides is 1. The Morgan fingerprint density at radius 2 is 1.46 bits per heavy atom. The van der Waals surface area contributed by atoms with Gasteiger partial charge in [0.2, 0.25) is 0 Å². The van der Waals surface area contributed by atoms with Gasteiger partial charge < -0.3 is 0 Å². The summed E-state index contributed by atoms with van der Waals surface area (Å²) in [5.74, 6) is -0.145. The molecule has 1 aliphatic carbocycles. The van der Waals surface area contributed by atoms with E-state index < -0.39 is 18.2 Å². The summed E-state index contributed by atoms with van der Waals surface area (Å²) in [6, 6.07) is 25.0. The van der Waals surface area contributed by atoms with Gasteiger partial charge in [-0.3, -0.25) is 0 Å². The van der Waals surface area contributed by atoms with Crippen molar-refractivity contribution in [1.82, 2.24) is 5.32 Å². The molecule has 0 saturated heterocycles. The summed E-state index contributed by atoms with van der Waals surface area (Å²) in [7, 11) is 1.37. The standard InChI is InChI=1S/C32H33N3O4Se2/c1-20(2)17-27(31(36)38-3)34-30(41)29(21-11-5-4-6-12-21)35-28(40)18-33-32(37)39-19-26-24-15-9-7-13-22(24)23-14-8-10-16-25(23)26/h4-16,20,26-27,29H,17-19H2,1-3H3,(H,33,37)/t27-,29-/m0/s1. The average Bonchev–Trinajstić information content (AvgIpc) is 3.30. The Hall–Kier alpha value is -3.22. The van der Waals surface area contributed by atoms with Gasteiger partial charge in [-0.25, -0.2) is 0 Å². The quantitative estimate of drug-likeness (QED) is 0.176. The normalized spacial score (nSPS) is 14.6. The second-order valence-electron chi connectivity index (χ2n) is 10.2. The topological polar surface area (TPSA) is 89.4 Å². The molecule has 2 atom stereocenters. The molecular weight excluding hydrogens is 648 g/mol. The molecule has 0 aromatic heterocycles. The number of hydrogen-bond acceptors (Lipinski definition) is 6. The van der Waals surface area contributed by atoms with E-state index in [0.29, 0.717) is 15.6 Å². The molecule has 0 unspecified atom stereocenters. The Bertz CT molecular complexity index is 1380. The molecule has 0 aliphatic heterocycles. The van der Waals surface area contributed by atoms with Gasteiger partial charge in [0.15, 0.2) is 0 Å². The van der Waals surface area contributed by atoms with Crippen LogP contribution in [0.2, 0.25) is 0 Å². The van der Waals surface area contributed by atoms with Crippen molar-refractivity contribution in [2.24, 2.45) is 15.9 Å². The van der Waals surface area contributed by atoms with Crippen LogP contribution in [0.25, 0.3) is 11.1 Å². The molecule has 3 aromatic carbocycles. The molecule has 9 heteroatoms. The minimum absolute atomic E-state index is 0.0140. The molecule has 4 rings (SSSR count). The van der Waals surface area contributed by atoms with E-state index in [0.717, 1.165) is 16.7 Å². The first-order valence-corrected chi connectivity index (χ1v) is 15.2. The van der Waals surface area contributed by atoms with E-state index >= 15 is 0 Å². The molecule has 3 aromatic rings. The summed E-state index contributed by atoms with van der Waals surface area (Å²) in [6.07, 6.45) is 0.0306. The number of alkyl carbamates (subject to hydrolysis) is 1. The molecule has 1 aliphatic rings. The molecule has 212 valence electrons. The third-order valence-electron chi connectivity index (χ3n) is 6.80. The summed E-state index contributed by atoms with van der Waals surface area (Å²) in [5.41, 5.74) is 5.57. The van der Waals surface area contributed by atoms with Gasteiger partial charge in [0.05, 0.1) is 0 Å². The van der Waals surface area contributed by atoms with Crippen LogP contribution in [0, 0.1) is 5.92 Å². The second-order valence-corrected chi connectivity index (χ2v) is 12.0. The third-order valence-corrected chi connectivity index (χ3v) is 8.01. The molecule has 41 heavy (non-hydrogen) atoms. The van der Waals surface area contributed by atoms with Crippen LogP contribution in [0.4, 0.5) is 4.79 Å². The van der Waals surface area contributed by atoms with Crippen LogP contribution in [0.15, 0.2) is 88.8 Å². The summed E-state index contributed by atoms with van der Waals surface area (Å²) >= 11 is 5.96. The van der Waals surface area contributed by atoms with Gasteiger partial charge in [0.25, 0.3) is 0 Å². The number of aliphatic imine (C=N–C) groups is 2. The average molecular weight is 682 g/mol. The van der Waals surface area contributed by atoms with E-state index in [1.54, 1.807) is 0 Å². The number of carbonyl (C=O) groups is 2. The second kappa shape index (κ2) is 14.6. The molecule has 2 radical (unpaired) electrons. The number of carbonyl (C=O) groups excluding carboxylic acids is 2. The Labute approximate surface area is 257 Å². The van der Waals surface area contributed by atoms with E-state index in [4.69, 9.17) is 14.5 Å². The molecular formula is C32H33N3O4Se2. The number of nitrogens with one attached hydrogen (secondary N) is 1. The maximum atomic E-state index is 12.7. The molecule has 1 amide bonds. The summed E-state index contributed by atoms with van der Waals surface area (Å²) in [5, 5.41) is 2.80. The van der Waals surface area contributed by atoms with E-state index in [-0.39, 0.29) is 31.0 Å². The van der Waals surface area contributed by atoms with Crippen molar-refractivity contribution >= 4 is 53.3 Å². The van der Waals surface area contributed by atoms with Gasteiger partial charge in [-0.05, 0) is 0 Å². The fraction of sp³-hybridized carbons (Fsp3) is 0.312. The van der Waals surface area contributed by atoms with E-state index in [1.807, 2.05) is 68.4 Å². The number of hydrogen-bond donors (Lipinski definition) is 1. The van der Waals surface area contributed by atoms with Crippen LogP contribution >= 0.6 is 0 Å². The van der Waals surface area contributed by atoms with Crippen molar-refractivity contribution in [3.8, 4) is 11.1 Å². The Kier molecular flexibility index (Phi) is 10.9. The number of fused-ring (bicyclic) bond motifs is 3. The Morgan fingerprint density at radius 3 is 2.05 bits per heavy atom. The zero-order chi connectivity index (χ0) is 29.4. The summed E-state index contributed by atoms with van der Waals surface area (Å²) in [4.78, 5) is 34.6. The predicted molar refractivity (Wildman–Crippen MR) is 164 cm³/mol. The molecule has 7 nitrogen and oxygen atoms in total. The first-order valence-electron chi connectivity index (χ1n) is 13.5. The first-order chi connectivity index (χ1) is 19.8. The van der Waals surface area contributed by atoms with Crippen molar-refractivity contribution in [2.75, 3.05) is 20.3 Å². The first kappa shape index (κ1) is 30.7. The number of benzene rings is 3. The van der Waals surface area contributed by atoms with Crippen LogP contribution in [0.1, 0.15) is 48.9 Å². The van der Waals surface area contributed by atoms with Gasteiger partial charge in [0, 0.05) is 0 Å². The number of methoxy groups -OCH3 is 1. The van der Waals surface area contributed by atoms with Crippen molar-refractivity contribution < 1.29 is 19.1 Å². The molecule has 0 bridgehead atoms. The molecule has 0 saturated carbocycles. The van der Waals surface area contributed by atoms with Crippen molar-refractivity contribution in [2.45, 2.75) is 38.3 Å². The van der Waals surface area contributed by atoms with Crippen LogP contribution in [-0.4, -0.2) is 79.6 Å². The van der Waals surface area contributed by atoms with Gasteiger partial charge >= 0.3 is 259 Å². The Morgan fingerprint density at radius 1 is 0.878 bits per heavy atom. The number of rotatable bonds is 11. The van der Waals surface area contributed by atoms with E-state index in [9.17, 15) is 9.59 Å². The van der Waals surface area contributed by atoms with Crippen molar-refractivity contribution in [3.63, 3.8) is 0 Å². The van der Waals surface area contributed by atoms with Gasteiger partial charge in [-0.2, -0.15) is 0 Å². The summed E-state index contributed by atoms with van der Waals surface area (Å²) < 4.78 is 11.8. The maximum absolute atomic E-state index is 12.7. The van der Waals surface area contributed by atoms with Crippen LogP contribution < -0.4 is 5.32 Å². The van der Waals surface area contributed by atoms with E-state index in [2.05, 4.69) is 66.6 Å². The third kappa shape index (κ3) is 7.96. The van der Waals surface area contributed by atoms with Crippen molar-refractivity contribution in [3.05, 3.63) is 95.6 Å².